The van der Waals surface area contributed by atoms with Crippen molar-refractivity contribution in [1.82, 2.24) is 15.3 Å². The monoisotopic (exact) mass is 331 g/mol. The van der Waals surface area contributed by atoms with Gasteiger partial charge in [-0.3, -0.25) is 0 Å². The van der Waals surface area contributed by atoms with Crippen molar-refractivity contribution in [2.24, 2.45) is 0 Å². The highest BCUT2D eigenvalue weighted by molar-refractivity contribution is 9.10. The van der Waals surface area contributed by atoms with E-state index < -0.39 is 0 Å². The van der Waals surface area contributed by atoms with Crippen LogP contribution in [0.25, 0.3) is 11.4 Å². The Morgan fingerprint density at radius 1 is 1.10 bits per heavy atom. The minimum atomic E-state index is 0.708. The lowest BCUT2D eigenvalue weighted by Crippen LogP contribution is -2.18. The molecule has 2 aromatic rings. The molecule has 20 heavy (non-hydrogen) atoms. The van der Waals surface area contributed by atoms with Crippen molar-refractivity contribution in [3.8, 4) is 11.4 Å². The van der Waals surface area contributed by atoms with Gasteiger partial charge >= 0.3 is 0 Å². The summed E-state index contributed by atoms with van der Waals surface area (Å²) in [4.78, 5) is 9.33. The van der Waals surface area contributed by atoms with Crippen molar-refractivity contribution in [1.29, 1.82) is 0 Å². The number of nitrogens with zero attached hydrogens (tertiary/aromatic N) is 2. The minimum Gasteiger partial charge on any atom is -0.310 e. The van der Waals surface area contributed by atoms with E-state index in [0.29, 0.717) is 6.04 Å². The Morgan fingerprint density at radius 2 is 1.70 bits per heavy atom. The molecule has 104 valence electrons. The lowest BCUT2D eigenvalue weighted by atomic mass is 10.1. The van der Waals surface area contributed by atoms with Crippen molar-refractivity contribution in [3.05, 3.63) is 45.7 Å². The number of rotatable bonds is 4. The van der Waals surface area contributed by atoms with Crippen LogP contribution in [0.2, 0.25) is 0 Å². The van der Waals surface area contributed by atoms with Gasteiger partial charge in [0.2, 0.25) is 0 Å². The first kappa shape index (κ1) is 13.7. The third-order valence-electron chi connectivity index (χ3n) is 3.67. The molecule has 1 N–H and O–H groups in total. The number of nitrogens with one attached hydrogen (secondary N) is 1. The topological polar surface area (TPSA) is 37.8 Å². The lowest BCUT2D eigenvalue weighted by Gasteiger charge is -2.11. The number of hydrogen-bond acceptors (Lipinski definition) is 3. The molecule has 3 nitrogen and oxygen atoms in total. The highest BCUT2D eigenvalue weighted by Gasteiger charge is 2.21. The quantitative estimate of drug-likeness (QED) is 0.926. The van der Waals surface area contributed by atoms with E-state index in [2.05, 4.69) is 45.1 Å². The summed E-state index contributed by atoms with van der Waals surface area (Å²) in [5.41, 5.74) is 4.44. The van der Waals surface area contributed by atoms with Gasteiger partial charge in [0, 0.05) is 39.6 Å². The number of halogens is 1. The third-order valence-corrected chi connectivity index (χ3v) is 4.20. The minimum absolute atomic E-state index is 0.708. The average Bonchev–Trinajstić information content (AvgIpc) is 3.22. The normalized spacial score (nSPS) is 14.6. The van der Waals surface area contributed by atoms with E-state index in [0.717, 1.165) is 33.8 Å². The molecule has 0 atom stereocenters. The summed E-state index contributed by atoms with van der Waals surface area (Å²) in [6.07, 6.45) is 2.60. The molecule has 0 bridgehead atoms. The first-order chi connectivity index (χ1) is 9.63. The smallest absolute Gasteiger partial charge is 0.159 e. The van der Waals surface area contributed by atoms with Gasteiger partial charge in [-0.2, -0.15) is 0 Å². The van der Waals surface area contributed by atoms with E-state index in [1.807, 2.05) is 24.3 Å². The van der Waals surface area contributed by atoms with Gasteiger partial charge < -0.3 is 5.32 Å². The maximum atomic E-state index is 4.67. The largest absolute Gasteiger partial charge is 0.310 e. The Kier molecular flexibility index (Phi) is 3.85. The zero-order valence-electron chi connectivity index (χ0n) is 11.8. The van der Waals surface area contributed by atoms with E-state index in [4.69, 9.17) is 0 Å². The Labute approximate surface area is 128 Å². The van der Waals surface area contributed by atoms with Crippen LogP contribution >= 0.6 is 15.9 Å². The van der Waals surface area contributed by atoms with Gasteiger partial charge in [0.05, 0.1) is 0 Å². The van der Waals surface area contributed by atoms with Crippen molar-refractivity contribution < 1.29 is 0 Å². The lowest BCUT2D eigenvalue weighted by molar-refractivity contribution is 0.675. The summed E-state index contributed by atoms with van der Waals surface area (Å²) in [6, 6.07) is 8.83. The van der Waals surface area contributed by atoms with Crippen molar-refractivity contribution >= 4 is 15.9 Å². The van der Waals surface area contributed by atoms with Crippen molar-refractivity contribution in [2.45, 2.75) is 39.3 Å². The van der Waals surface area contributed by atoms with Crippen LogP contribution in [0, 0.1) is 13.8 Å². The van der Waals surface area contributed by atoms with Gasteiger partial charge in [-0.05, 0) is 38.8 Å². The number of benzene rings is 1. The molecule has 1 heterocycles. The second-order valence-electron chi connectivity index (χ2n) is 5.36. The number of aromatic nitrogens is 2. The molecule has 0 radical (unpaired) electrons. The van der Waals surface area contributed by atoms with Crippen LogP contribution in [0.15, 0.2) is 28.7 Å². The number of aryl methyl sites for hydroxylation is 2. The van der Waals surface area contributed by atoms with Crippen molar-refractivity contribution in [2.75, 3.05) is 0 Å². The summed E-state index contributed by atoms with van der Waals surface area (Å²) in [5.74, 6) is 0.808. The molecule has 1 aromatic heterocycles. The molecule has 3 rings (SSSR count). The fourth-order valence-corrected chi connectivity index (χ4v) is 2.52. The Balaban J connectivity index is 1.87. The molecule has 1 aromatic carbocycles. The van der Waals surface area contributed by atoms with Crippen LogP contribution in [0.1, 0.15) is 29.8 Å². The fourth-order valence-electron chi connectivity index (χ4n) is 2.26. The molecule has 0 amide bonds. The third kappa shape index (κ3) is 3.07. The van der Waals surface area contributed by atoms with Crippen LogP contribution < -0.4 is 5.32 Å². The summed E-state index contributed by atoms with van der Waals surface area (Å²) in [6.45, 7) is 5.02. The molecule has 1 aliphatic carbocycles. The molecule has 1 saturated carbocycles. The molecule has 1 fully saturated rings. The summed E-state index contributed by atoms with van der Waals surface area (Å²) >= 11 is 3.45. The molecular formula is C16H18BrN3. The van der Waals surface area contributed by atoms with Gasteiger partial charge in [0.1, 0.15) is 0 Å². The van der Waals surface area contributed by atoms with Crippen LogP contribution in [-0.4, -0.2) is 16.0 Å². The van der Waals surface area contributed by atoms with E-state index in [-0.39, 0.29) is 0 Å². The summed E-state index contributed by atoms with van der Waals surface area (Å²) in [7, 11) is 0. The van der Waals surface area contributed by atoms with E-state index in [9.17, 15) is 0 Å². The van der Waals surface area contributed by atoms with Gasteiger partial charge in [-0.1, -0.05) is 28.1 Å². The summed E-state index contributed by atoms with van der Waals surface area (Å²) < 4.78 is 1.07. The molecule has 0 unspecified atom stereocenters. The predicted molar refractivity (Wildman–Crippen MR) is 84.5 cm³/mol. The summed E-state index contributed by atoms with van der Waals surface area (Å²) in [5, 5.41) is 3.54. The second kappa shape index (κ2) is 5.62. The molecule has 4 heteroatoms. The highest BCUT2D eigenvalue weighted by atomic mass is 79.9. The average molecular weight is 332 g/mol. The highest BCUT2D eigenvalue weighted by Crippen LogP contribution is 2.23. The van der Waals surface area contributed by atoms with Gasteiger partial charge in [-0.25, -0.2) is 9.97 Å². The van der Waals surface area contributed by atoms with Gasteiger partial charge in [-0.15, -0.1) is 0 Å². The van der Waals surface area contributed by atoms with E-state index in [1.54, 1.807) is 0 Å². The Morgan fingerprint density at radius 3 is 2.25 bits per heavy atom. The maximum Gasteiger partial charge on any atom is 0.159 e. The first-order valence-electron chi connectivity index (χ1n) is 6.97. The van der Waals surface area contributed by atoms with Crippen LogP contribution in [0.3, 0.4) is 0 Å². The van der Waals surface area contributed by atoms with Crippen LogP contribution in [0.4, 0.5) is 0 Å². The first-order valence-corrected chi connectivity index (χ1v) is 7.76. The van der Waals surface area contributed by atoms with Crippen LogP contribution in [0.5, 0.6) is 0 Å². The zero-order chi connectivity index (χ0) is 14.1. The van der Waals surface area contributed by atoms with Crippen molar-refractivity contribution in [3.63, 3.8) is 0 Å². The van der Waals surface area contributed by atoms with Gasteiger partial charge in [0.25, 0.3) is 0 Å². The predicted octanol–water partition coefficient (Wildman–Crippen LogP) is 3.77. The fraction of sp³-hybridized carbons (Fsp3) is 0.375. The molecule has 0 saturated heterocycles. The molecular weight excluding hydrogens is 314 g/mol. The zero-order valence-corrected chi connectivity index (χ0v) is 13.4. The van der Waals surface area contributed by atoms with Gasteiger partial charge in [0.15, 0.2) is 5.82 Å². The van der Waals surface area contributed by atoms with E-state index in [1.165, 1.54) is 18.4 Å². The number of hydrogen-bond donors (Lipinski definition) is 1. The Hall–Kier alpha value is -1.26. The molecule has 0 spiro atoms. The van der Waals surface area contributed by atoms with E-state index >= 15 is 0 Å². The molecule has 1 aliphatic rings. The maximum absolute atomic E-state index is 4.67. The Bertz CT molecular complexity index is 595. The second-order valence-corrected chi connectivity index (χ2v) is 6.27. The van der Waals surface area contributed by atoms with Crippen LogP contribution in [-0.2, 0) is 6.54 Å². The molecule has 0 aliphatic heterocycles. The standard InChI is InChI=1S/C16H18BrN3/c1-10-15(9-18-14-7-8-14)11(2)20-16(19-10)12-3-5-13(17)6-4-12/h3-6,14,18H,7-9H2,1-2H3. The SMILES string of the molecule is Cc1nc(-c2ccc(Br)cc2)nc(C)c1CNC1CC1.